The number of rotatable bonds is 5. The van der Waals surface area contributed by atoms with E-state index in [-0.39, 0.29) is 18.0 Å². The second-order valence-electron chi connectivity index (χ2n) is 6.41. The maximum absolute atomic E-state index is 11.8. The zero-order valence-corrected chi connectivity index (χ0v) is 14.8. The fourth-order valence-corrected chi connectivity index (χ4v) is 2.38. The molecule has 0 aromatic heterocycles. The van der Waals surface area contributed by atoms with Crippen LogP contribution in [0.1, 0.15) is 26.3 Å². The van der Waals surface area contributed by atoms with Crippen LogP contribution in [0.3, 0.4) is 0 Å². The van der Waals surface area contributed by atoms with Crippen molar-refractivity contribution in [2.24, 2.45) is 0 Å². The molecule has 5 nitrogen and oxygen atoms in total. The quantitative estimate of drug-likeness (QED) is 0.710. The lowest BCUT2D eigenvalue weighted by molar-refractivity contribution is -0.885. The Hall–Kier alpha value is -1.53. The number of hydrogen-bond acceptors (Lipinski definition) is 3. The minimum Gasteiger partial charge on any atom is -0.333 e. The molecule has 0 bridgehead atoms. The summed E-state index contributed by atoms with van der Waals surface area (Å²) in [6, 6.07) is 7.84. The molecule has 1 aromatic rings. The molecule has 122 valence electrons. The van der Waals surface area contributed by atoms with Gasteiger partial charge in [-0.1, -0.05) is 12.1 Å². The van der Waals surface area contributed by atoms with Crippen LogP contribution in [0, 0.1) is 0 Å². The van der Waals surface area contributed by atoms with Crippen LogP contribution in [0.15, 0.2) is 29.2 Å². The van der Waals surface area contributed by atoms with Gasteiger partial charge >= 0.3 is 6.03 Å². The number of quaternary nitrogens is 1. The van der Waals surface area contributed by atoms with Crippen LogP contribution in [-0.4, -0.2) is 37.3 Å². The van der Waals surface area contributed by atoms with Crippen LogP contribution < -0.4 is 15.5 Å². The van der Waals surface area contributed by atoms with Crippen LogP contribution in [0.2, 0.25) is 0 Å². The van der Waals surface area contributed by atoms with Crippen molar-refractivity contribution in [3.05, 3.63) is 29.8 Å². The van der Waals surface area contributed by atoms with Gasteiger partial charge in [0.25, 0.3) is 5.91 Å². The lowest BCUT2D eigenvalue weighted by Gasteiger charge is -2.20. The lowest BCUT2D eigenvalue weighted by atomic mass is 10.1. The third kappa shape index (κ3) is 7.47. The van der Waals surface area contributed by atoms with E-state index in [9.17, 15) is 9.59 Å². The minimum atomic E-state index is -0.449. The average Bonchev–Trinajstić information content (AvgIpc) is 2.36. The molecule has 22 heavy (non-hydrogen) atoms. The van der Waals surface area contributed by atoms with Gasteiger partial charge in [0.15, 0.2) is 6.54 Å². The zero-order valence-electron chi connectivity index (χ0n) is 13.9. The van der Waals surface area contributed by atoms with Crippen molar-refractivity contribution in [3.63, 3.8) is 0 Å². The van der Waals surface area contributed by atoms with Crippen LogP contribution in [0.4, 0.5) is 4.79 Å². The van der Waals surface area contributed by atoms with Crippen molar-refractivity contribution in [1.82, 2.24) is 10.6 Å². The Bertz CT molecular complexity index is 509. The van der Waals surface area contributed by atoms with E-state index in [1.807, 2.05) is 34.1 Å². The fraction of sp³-hybridized carbons (Fsp3) is 0.500. The van der Waals surface area contributed by atoms with Crippen molar-refractivity contribution < 1.29 is 14.5 Å². The van der Waals surface area contributed by atoms with Crippen molar-refractivity contribution in [2.45, 2.75) is 37.8 Å². The van der Waals surface area contributed by atoms with E-state index in [1.165, 1.54) is 10.5 Å². The second-order valence-corrected chi connectivity index (χ2v) is 7.29. The van der Waals surface area contributed by atoms with E-state index in [2.05, 4.69) is 34.9 Å². The topological polar surface area (TPSA) is 62.6 Å². The third-order valence-electron chi connectivity index (χ3n) is 2.87. The summed E-state index contributed by atoms with van der Waals surface area (Å²) in [6.45, 7) is 6.59. The molecule has 0 aliphatic rings. The first-order valence-electron chi connectivity index (χ1n) is 7.26. The molecule has 0 saturated heterocycles. The summed E-state index contributed by atoms with van der Waals surface area (Å²) in [5.41, 5.74) is 0.810. The van der Waals surface area contributed by atoms with Gasteiger partial charge in [0.1, 0.15) is 6.54 Å². The highest BCUT2D eigenvalue weighted by Gasteiger charge is 2.17. The Labute approximate surface area is 136 Å². The molecule has 1 rings (SSSR count). The molecule has 0 fully saturated rings. The van der Waals surface area contributed by atoms with Gasteiger partial charge in [-0.05, 0) is 39.2 Å². The summed E-state index contributed by atoms with van der Waals surface area (Å²) in [5, 5.41) is 5.06. The van der Waals surface area contributed by atoms with Crippen LogP contribution in [-0.2, 0) is 11.3 Å². The summed E-state index contributed by atoms with van der Waals surface area (Å²) < 4.78 is 0. The molecule has 1 aromatic carbocycles. The number of amides is 3. The number of carbonyl (C=O) groups is 2. The molecule has 0 saturated carbocycles. The Morgan fingerprint density at radius 1 is 1.18 bits per heavy atom. The molecule has 0 spiro atoms. The molecular formula is C16H26N3O2S+. The molecule has 0 radical (unpaired) electrons. The summed E-state index contributed by atoms with van der Waals surface area (Å²) >= 11 is 1.70. The molecular weight excluding hydrogens is 298 g/mol. The fourth-order valence-electron chi connectivity index (χ4n) is 1.97. The Morgan fingerprint density at radius 2 is 1.77 bits per heavy atom. The highest BCUT2D eigenvalue weighted by atomic mass is 32.2. The van der Waals surface area contributed by atoms with E-state index >= 15 is 0 Å². The number of imide groups is 1. The van der Waals surface area contributed by atoms with Gasteiger partial charge in [-0.2, -0.15) is 0 Å². The van der Waals surface area contributed by atoms with E-state index < -0.39 is 6.03 Å². The normalized spacial score (nSPS) is 12.6. The first-order valence-corrected chi connectivity index (χ1v) is 8.48. The molecule has 3 amide bonds. The predicted molar refractivity (Wildman–Crippen MR) is 90.1 cm³/mol. The summed E-state index contributed by atoms with van der Waals surface area (Å²) in [6.07, 6.45) is 2.04. The largest absolute Gasteiger partial charge is 0.333 e. The van der Waals surface area contributed by atoms with Gasteiger partial charge in [0.05, 0.1) is 7.05 Å². The smallest absolute Gasteiger partial charge is 0.322 e. The summed E-state index contributed by atoms with van der Waals surface area (Å²) in [5.74, 6) is -0.278. The zero-order chi connectivity index (χ0) is 16.8. The summed E-state index contributed by atoms with van der Waals surface area (Å²) in [4.78, 5) is 25.7. The van der Waals surface area contributed by atoms with Crippen molar-refractivity contribution in [3.8, 4) is 0 Å². The number of thioether (sulfide) groups is 1. The molecule has 1 unspecified atom stereocenters. The van der Waals surface area contributed by atoms with Crippen molar-refractivity contribution >= 4 is 23.7 Å². The minimum absolute atomic E-state index is 0.252. The highest BCUT2D eigenvalue weighted by Crippen LogP contribution is 2.14. The number of carbonyl (C=O) groups excluding carboxylic acids is 2. The molecule has 0 heterocycles. The van der Waals surface area contributed by atoms with Crippen molar-refractivity contribution in [2.75, 3.05) is 19.8 Å². The van der Waals surface area contributed by atoms with E-state index in [4.69, 9.17) is 0 Å². The first-order chi connectivity index (χ1) is 10.2. The van der Waals surface area contributed by atoms with Gasteiger partial charge in [-0.25, -0.2) is 4.79 Å². The van der Waals surface area contributed by atoms with Gasteiger partial charge < -0.3 is 10.2 Å². The van der Waals surface area contributed by atoms with Gasteiger partial charge in [-0.3, -0.25) is 10.1 Å². The number of likely N-dealkylation sites (N-methyl/N-ethyl adjacent to an activating group) is 1. The van der Waals surface area contributed by atoms with Crippen molar-refractivity contribution in [1.29, 1.82) is 0 Å². The van der Waals surface area contributed by atoms with E-state index in [1.54, 1.807) is 11.8 Å². The van der Waals surface area contributed by atoms with Crippen LogP contribution in [0.5, 0.6) is 0 Å². The molecule has 0 aliphatic carbocycles. The summed E-state index contributed by atoms with van der Waals surface area (Å²) in [7, 11) is 1.93. The highest BCUT2D eigenvalue weighted by molar-refractivity contribution is 7.98. The van der Waals surface area contributed by atoms with Gasteiger partial charge in [0, 0.05) is 16.0 Å². The Kier molecular flexibility index (Phi) is 6.90. The van der Waals surface area contributed by atoms with Crippen LogP contribution in [0.25, 0.3) is 0 Å². The molecule has 1 atom stereocenters. The van der Waals surface area contributed by atoms with E-state index in [0.29, 0.717) is 0 Å². The molecule has 6 heteroatoms. The third-order valence-corrected chi connectivity index (χ3v) is 3.61. The van der Waals surface area contributed by atoms with Gasteiger partial charge in [0.2, 0.25) is 0 Å². The standard InChI is InChI=1S/C16H25N3O2S/c1-16(2,3)18-15(21)17-14(20)11-19(4)10-12-6-8-13(22-5)9-7-12/h6-9H,10-11H2,1-5H3,(H2,17,18,20,21)/p+1. The number of benzene rings is 1. The monoisotopic (exact) mass is 324 g/mol. The van der Waals surface area contributed by atoms with Crippen LogP contribution >= 0.6 is 11.8 Å². The maximum atomic E-state index is 11.8. The SMILES string of the molecule is CSc1ccc(C[NH+](C)CC(=O)NC(=O)NC(C)(C)C)cc1. The molecule has 0 aliphatic heterocycles. The van der Waals surface area contributed by atoms with Gasteiger partial charge in [-0.15, -0.1) is 11.8 Å². The number of urea groups is 1. The molecule has 3 N–H and O–H groups in total. The first kappa shape index (κ1) is 18.5. The number of hydrogen-bond donors (Lipinski definition) is 3. The Morgan fingerprint density at radius 3 is 2.27 bits per heavy atom. The lowest BCUT2D eigenvalue weighted by Crippen LogP contribution is -3.09. The Balaban J connectivity index is 2.41. The van der Waals surface area contributed by atoms with E-state index in [0.717, 1.165) is 11.4 Å². The second kappa shape index (κ2) is 8.19. The number of nitrogens with one attached hydrogen (secondary N) is 3. The predicted octanol–water partition coefficient (Wildman–Crippen LogP) is 1.05. The average molecular weight is 324 g/mol. The maximum Gasteiger partial charge on any atom is 0.322 e.